The fraction of sp³-hybridized carbons (Fsp3) is 0.278. The Bertz CT molecular complexity index is 879. The molecule has 0 saturated heterocycles. The van der Waals surface area contributed by atoms with Gasteiger partial charge in [0, 0.05) is 0 Å². The molecule has 0 bridgehead atoms. The lowest BCUT2D eigenvalue weighted by Crippen LogP contribution is -2.54. The van der Waals surface area contributed by atoms with E-state index in [-0.39, 0.29) is 24.0 Å². The van der Waals surface area contributed by atoms with Gasteiger partial charge in [-0.25, -0.2) is 0 Å². The van der Waals surface area contributed by atoms with Gasteiger partial charge in [-0.05, 0) is 38.1 Å². The Hall–Kier alpha value is -2.38. The average Bonchev–Trinajstić information content (AvgIpc) is 2.59. The number of hydrogen-bond acceptors (Lipinski definition) is 5. The molecule has 2 aromatic carbocycles. The first kappa shape index (κ1) is 17.4. The number of amides is 1. The van der Waals surface area contributed by atoms with E-state index in [2.05, 4.69) is 5.32 Å². The molecule has 0 atom stereocenters. The summed E-state index contributed by atoms with van der Waals surface area (Å²) in [6.45, 7) is 3.61. The summed E-state index contributed by atoms with van der Waals surface area (Å²) in [5, 5.41) is 3.20. The van der Waals surface area contributed by atoms with Crippen molar-refractivity contribution in [3.8, 4) is 0 Å². The van der Waals surface area contributed by atoms with Crippen LogP contribution >= 0.6 is 0 Å². The molecule has 1 N–H and O–H groups in total. The summed E-state index contributed by atoms with van der Waals surface area (Å²) in [6, 6.07) is 15.4. The lowest BCUT2D eigenvalue weighted by Gasteiger charge is -2.39. The molecule has 1 aliphatic heterocycles. The number of carbonyl (C=O) groups excluding carboxylic acids is 1. The van der Waals surface area contributed by atoms with E-state index in [1.165, 1.54) is 12.1 Å². The van der Waals surface area contributed by atoms with Gasteiger partial charge in [-0.15, -0.1) is 0 Å². The predicted molar refractivity (Wildman–Crippen MR) is 96.1 cm³/mol. The third-order valence-electron chi connectivity index (χ3n) is 4.01. The van der Waals surface area contributed by atoms with Crippen LogP contribution in [-0.4, -0.2) is 33.0 Å². The largest absolute Gasteiger partial charge is 0.370 e. The van der Waals surface area contributed by atoms with E-state index in [0.717, 1.165) is 5.69 Å². The molecule has 1 aliphatic rings. The zero-order valence-corrected chi connectivity index (χ0v) is 14.9. The average molecular weight is 360 g/mol. The number of anilines is 2. The van der Waals surface area contributed by atoms with Crippen molar-refractivity contribution in [1.82, 2.24) is 0 Å². The van der Waals surface area contributed by atoms with E-state index in [1.807, 2.05) is 24.3 Å². The van der Waals surface area contributed by atoms with Crippen LogP contribution in [-0.2, 0) is 19.1 Å². The van der Waals surface area contributed by atoms with Gasteiger partial charge in [0.15, 0.2) is 0 Å². The highest BCUT2D eigenvalue weighted by atomic mass is 32.2. The smallest absolute Gasteiger partial charge is 0.297 e. The van der Waals surface area contributed by atoms with Gasteiger partial charge in [-0.3, -0.25) is 8.98 Å². The fourth-order valence-corrected chi connectivity index (χ4v) is 3.69. The normalized spacial score (nSPS) is 16.2. The molecule has 132 valence electrons. The van der Waals surface area contributed by atoms with Gasteiger partial charge in [0.05, 0.1) is 29.4 Å². The molecule has 1 heterocycles. The summed E-state index contributed by atoms with van der Waals surface area (Å²) in [5.74, 6) is -0.132. The molecule has 0 fully saturated rings. The minimum atomic E-state index is -3.84. The topological polar surface area (TPSA) is 75.7 Å². The van der Waals surface area contributed by atoms with Gasteiger partial charge in [0.1, 0.15) is 5.54 Å². The Labute approximate surface area is 147 Å². The molecule has 0 aliphatic carbocycles. The molecule has 0 radical (unpaired) electrons. The highest BCUT2D eigenvalue weighted by Gasteiger charge is 2.38. The number of benzene rings is 2. The SMILES string of the molecule is CC1(C)Nc2ccccc2N(CCOS(=O)(=O)c2ccccc2)C1=O. The molecule has 0 spiro atoms. The van der Waals surface area contributed by atoms with E-state index in [4.69, 9.17) is 4.18 Å². The molecule has 0 aromatic heterocycles. The maximum absolute atomic E-state index is 12.7. The minimum Gasteiger partial charge on any atom is -0.370 e. The number of para-hydroxylation sites is 2. The zero-order chi connectivity index (χ0) is 18.1. The van der Waals surface area contributed by atoms with Crippen LogP contribution in [0.5, 0.6) is 0 Å². The second kappa shape index (κ2) is 6.50. The van der Waals surface area contributed by atoms with Crippen molar-refractivity contribution >= 4 is 27.4 Å². The Morgan fingerprint density at radius 2 is 1.68 bits per heavy atom. The fourth-order valence-electron chi connectivity index (χ4n) is 2.77. The quantitative estimate of drug-likeness (QED) is 0.830. The van der Waals surface area contributed by atoms with Crippen molar-refractivity contribution in [3.63, 3.8) is 0 Å². The summed E-state index contributed by atoms with van der Waals surface area (Å²) in [7, 11) is -3.84. The first-order valence-corrected chi connectivity index (χ1v) is 9.36. The van der Waals surface area contributed by atoms with Crippen molar-refractivity contribution in [2.24, 2.45) is 0 Å². The molecular weight excluding hydrogens is 340 g/mol. The highest BCUT2D eigenvalue weighted by molar-refractivity contribution is 7.86. The van der Waals surface area contributed by atoms with E-state index in [0.29, 0.717) is 5.69 Å². The van der Waals surface area contributed by atoms with E-state index in [9.17, 15) is 13.2 Å². The molecule has 6 nitrogen and oxygen atoms in total. The van der Waals surface area contributed by atoms with Gasteiger partial charge >= 0.3 is 0 Å². The lowest BCUT2D eigenvalue weighted by atomic mass is 9.98. The predicted octanol–water partition coefficient (Wildman–Crippen LogP) is 2.63. The Morgan fingerprint density at radius 1 is 1.04 bits per heavy atom. The number of hydrogen-bond donors (Lipinski definition) is 1. The first-order valence-electron chi connectivity index (χ1n) is 7.95. The monoisotopic (exact) mass is 360 g/mol. The van der Waals surface area contributed by atoms with Crippen LogP contribution in [0.25, 0.3) is 0 Å². The van der Waals surface area contributed by atoms with Gasteiger partial charge in [0.2, 0.25) is 0 Å². The van der Waals surface area contributed by atoms with Gasteiger partial charge in [-0.1, -0.05) is 30.3 Å². The maximum Gasteiger partial charge on any atom is 0.297 e. The van der Waals surface area contributed by atoms with Crippen LogP contribution in [0, 0.1) is 0 Å². The number of nitrogens with one attached hydrogen (secondary N) is 1. The number of rotatable bonds is 5. The molecule has 0 saturated carbocycles. The van der Waals surface area contributed by atoms with Crippen LogP contribution in [0.4, 0.5) is 11.4 Å². The van der Waals surface area contributed by atoms with Gasteiger partial charge in [-0.2, -0.15) is 8.42 Å². The molecule has 1 amide bonds. The van der Waals surface area contributed by atoms with Crippen molar-refractivity contribution in [2.45, 2.75) is 24.3 Å². The van der Waals surface area contributed by atoms with Crippen LogP contribution < -0.4 is 10.2 Å². The standard InChI is InChI=1S/C18H20N2O4S/c1-18(2)17(21)20(16-11-7-6-10-15(16)19-18)12-13-24-25(22,23)14-8-4-3-5-9-14/h3-11,19H,12-13H2,1-2H3. The van der Waals surface area contributed by atoms with Crippen LogP contribution in [0.15, 0.2) is 59.5 Å². The van der Waals surface area contributed by atoms with E-state index < -0.39 is 15.7 Å². The number of carbonyl (C=O) groups is 1. The third kappa shape index (κ3) is 3.52. The van der Waals surface area contributed by atoms with Crippen molar-refractivity contribution < 1.29 is 17.4 Å². The maximum atomic E-state index is 12.7. The summed E-state index contributed by atoms with van der Waals surface area (Å²) >= 11 is 0. The zero-order valence-electron chi connectivity index (χ0n) is 14.1. The van der Waals surface area contributed by atoms with Gasteiger partial charge in [0.25, 0.3) is 16.0 Å². The number of fused-ring (bicyclic) bond motifs is 1. The molecule has 0 unspecified atom stereocenters. The molecule has 25 heavy (non-hydrogen) atoms. The Balaban J connectivity index is 1.76. The first-order chi connectivity index (χ1) is 11.8. The summed E-state index contributed by atoms with van der Waals surface area (Å²) < 4.78 is 29.5. The second-order valence-corrected chi connectivity index (χ2v) is 7.93. The second-order valence-electron chi connectivity index (χ2n) is 6.31. The lowest BCUT2D eigenvalue weighted by molar-refractivity contribution is -0.122. The van der Waals surface area contributed by atoms with Crippen molar-refractivity contribution in [2.75, 3.05) is 23.4 Å². The summed E-state index contributed by atoms with van der Waals surface area (Å²) in [5.41, 5.74) is 0.776. The van der Waals surface area contributed by atoms with Crippen LogP contribution in [0.2, 0.25) is 0 Å². The summed E-state index contributed by atoms with van der Waals surface area (Å²) in [4.78, 5) is 14.4. The Morgan fingerprint density at radius 3 is 2.40 bits per heavy atom. The van der Waals surface area contributed by atoms with Crippen LogP contribution in [0.3, 0.4) is 0 Å². The molecule has 7 heteroatoms. The van der Waals surface area contributed by atoms with Crippen molar-refractivity contribution in [3.05, 3.63) is 54.6 Å². The molecule has 2 aromatic rings. The van der Waals surface area contributed by atoms with E-state index in [1.54, 1.807) is 36.9 Å². The highest BCUT2D eigenvalue weighted by Crippen LogP contribution is 2.34. The third-order valence-corrected chi connectivity index (χ3v) is 5.33. The summed E-state index contributed by atoms with van der Waals surface area (Å²) in [6.07, 6.45) is 0. The minimum absolute atomic E-state index is 0.0994. The van der Waals surface area contributed by atoms with Crippen LogP contribution in [0.1, 0.15) is 13.8 Å². The van der Waals surface area contributed by atoms with Gasteiger partial charge < -0.3 is 10.2 Å². The number of nitrogens with zero attached hydrogens (tertiary/aromatic N) is 1. The Kier molecular flexibility index (Phi) is 4.53. The molecular formula is C18H20N2O4S. The van der Waals surface area contributed by atoms with E-state index >= 15 is 0 Å². The molecule has 3 rings (SSSR count). The van der Waals surface area contributed by atoms with Crippen molar-refractivity contribution in [1.29, 1.82) is 0 Å².